The first-order valence-corrected chi connectivity index (χ1v) is 3.91. The van der Waals surface area contributed by atoms with Gasteiger partial charge in [-0.2, -0.15) is 0 Å². The van der Waals surface area contributed by atoms with Gasteiger partial charge in [0.1, 0.15) is 6.61 Å². The van der Waals surface area contributed by atoms with Crippen molar-refractivity contribution in [3.8, 4) is 0 Å². The minimum Gasteiger partial charge on any atom is -0.447 e. The normalized spacial score (nSPS) is 11.1. The zero-order chi connectivity index (χ0) is 9.78. The molecular formula is C8H17NO3. The predicted molar refractivity (Wildman–Crippen MR) is 45.9 cm³/mol. The van der Waals surface area contributed by atoms with E-state index >= 15 is 0 Å². The summed E-state index contributed by atoms with van der Waals surface area (Å²) in [5.41, 5.74) is -0.244. The molecule has 0 saturated heterocycles. The van der Waals surface area contributed by atoms with Crippen LogP contribution in [0.1, 0.15) is 20.8 Å². The third kappa shape index (κ3) is 3.57. The molecule has 72 valence electrons. The topological polar surface area (TPSA) is 49.8 Å². The third-order valence-corrected chi connectivity index (χ3v) is 1.60. The van der Waals surface area contributed by atoms with E-state index in [1.54, 1.807) is 7.05 Å². The summed E-state index contributed by atoms with van der Waals surface area (Å²) in [5.74, 6) is 0. The average Bonchev–Trinajstić information content (AvgIpc) is 1.97. The van der Waals surface area contributed by atoms with Crippen LogP contribution in [0.4, 0.5) is 4.79 Å². The minimum atomic E-state index is -0.406. The fourth-order valence-electron chi connectivity index (χ4n) is 0.504. The molecule has 0 aliphatic rings. The van der Waals surface area contributed by atoms with Gasteiger partial charge in [-0.3, -0.25) is 0 Å². The van der Waals surface area contributed by atoms with Gasteiger partial charge in [-0.1, -0.05) is 0 Å². The largest absolute Gasteiger partial charge is 0.447 e. The highest BCUT2D eigenvalue weighted by Crippen LogP contribution is 2.11. The first kappa shape index (κ1) is 11.2. The summed E-state index contributed by atoms with van der Waals surface area (Å²) in [5, 5.41) is 8.40. The molecule has 1 N–H and O–H groups in total. The Morgan fingerprint density at radius 3 is 2.33 bits per heavy atom. The Morgan fingerprint density at radius 2 is 2.00 bits per heavy atom. The van der Waals surface area contributed by atoms with E-state index in [9.17, 15) is 4.79 Å². The van der Waals surface area contributed by atoms with Gasteiger partial charge in [0.15, 0.2) is 0 Å². The van der Waals surface area contributed by atoms with Crippen LogP contribution in [0.15, 0.2) is 0 Å². The summed E-state index contributed by atoms with van der Waals surface area (Å²) in [6, 6.07) is 0. The van der Waals surface area contributed by atoms with Crippen LogP contribution in [-0.4, -0.2) is 41.9 Å². The van der Waals surface area contributed by atoms with Crippen LogP contribution < -0.4 is 0 Å². The van der Waals surface area contributed by atoms with Crippen LogP contribution in [0.25, 0.3) is 0 Å². The number of hydrogen-bond donors (Lipinski definition) is 1. The molecule has 0 spiro atoms. The monoisotopic (exact) mass is 175 g/mol. The summed E-state index contributed by atoms with van der Waals surface area (Å²) >= 11 is 0. The van der Waals surface area contributed by atoms with E-state index < -0.39 is 6.09 Å². The molecular weight excluding hydrogens is 158 g/mol. The van der Waals surface area contributed by atoms with Crippen LogP contribution in [-0.2, 0) is 4.74 Å². The van der Waals surface area contributed by atoms with E-state index in [1.165, 1.54) is 4.90 Å². The number of aliphatic hydroxyl groups is 1. The lowest BCUT2D eigenvalue weighted by Gasteiger charge is -2.30. The number of rotatable bonds is 2. The van der Waals surface area contributed by atoms with E-state index in [-0.39, 0.29) is 18.8 Å². The maximum absolute atomic E-state index is 11.1. The molecule has 0 atom stereocenters. The smallest absolute Gasteiger partial charge is 0.410 e. The highest BCUT2D eigenvalue weighted by molar-refractivity contribution is 5.68. The molecule has 0 bridgehead atoms. The van der Waals surface area contributed by atoms with Crippen molar-refractivity contribution in [1.82, 2.24) is 4.90 Å². The van der Waals surface area contributed by atoms with Crippen molar-refractivity contribution in [2.75, 3.05) is 20.3 Å². The van der Waals surface area contributed by atoms with Crippen molar-refractivity contribution >= 4 is 6.09 Å². The van der Waals surface area contributed by atoms with Crippen molar-refractivity contribution in [3.05, 3.63) is 0 Å². The second-order valence-electron chi connectivity index (χ2n) is 3.57. The van der Waals surface area contributed by atoms with Gasteiger partial charge in [-0.15, -0.1) is 0 Å². The van der Waals surface area contributed by atoms with Gasteiger partial charge in [0.2, 0.25) is 0 Å². The van der Waals surface area contributed by atoms with Crippen LogP contribution in [0.3, 0.4) is 0 Å². The van der Waals surface area contributed by atoms with E-state index in [4.69, 9.17) is 9.84 Å². The lowest BCUT2D eigenvalue weighted by Crippen LogP contribution is -2.43. The average molecular weight is 175 g/mol. The summed E-state index contributed by atoms with van der Waals surface area (Å²) in [6.07, 6.45) is -0.406. The molecule has 0 radical (unpaired) electrons. The lowest BCUT2D eigenvalue weighted by atomic mass is 10.1. The van der Waals surface area contributed by atoms with Gasteiger partial charge >= 0.3 is 6.09 Å². The third-order valence-electron chi connectivity index (χ3n) is 1.60. The summed E-state index contributed by atoms with van der Waals surface area (Å²) in [4.78, 5) is 12.6. The predicted octanol–water partition coefficient (Wildman–Crippen LogP) is 0.846. The molecule has 4 heteroatoms. The van der Waals surface area contributed by atoms with Crippen LogP contribution in [0.5, 0.6) is 0 Å². The number of carbonyl (C=O) groups is 1. The molecule has 12 heavy (non-hydrogen) atoms. The fraction of sp³-hybridized carbons (Fsp3) is 0.875. The second-order valence-corrected chi connectivity index (χ2v) is 3.57. The van der Waals surface area contributed by atoms with Gasteiger partial charge in [-0.25, -0.2) is 4.79 Å². The number of carbonyl (C=O) groups excluding carboxylic acids is 1. The Labute approximate surface area is 73.1 Å². The van der Waals surface area contributed by atoms with E-state index in [1.807, 2.05) is 20.8 Å². The molecule has 0 aliphatic heterocycles. The van der Waals surface area contributed by atoms with Crippen molar-refractivity contribution in [2.24, 2.45) is 0 Å². The van der Waals surface area contributed by atoms with Gasteiger partial charge in [0.05, 0.1) is 6.61 Å². The first-order chi connectivity index (χ1) is 5.39. The second kappa shape index (κ2) is 4.30. The standard InChI is InChI=1S/C8H17NO3/c1-8(2,3)9(4)7(11)12-6-5-10/h10H,5-6H2,1-4H3. The summed E-state index contributed by atoms with van der Waals surface area (Å²) < 4.78 is 4.72. The molecule has 1 amide bonds. The van der Waals surface area contributed by atoms with Crippen molar-refractivity contribution in [1.29, 1.82) is 0 Å². The number of ether oxygens (including phenoxy) is 1. The van der Waals surface area contributed by atoms with Crippen LogP contribution >= 0.6 is 0 Å². The Bertz CT molecular complexity index is 151. The molecule has 0 aliphatic carbocycles. The van der Waals surface area contributed by atoms with Crippen LogP contribution in [0.2, 0.25) is 0 Å². The van der Waals surface area contributed by atoms with Crippen LogP contribution in [0, 0.1) is 0 Å². The highest BCUT2D eigenvalue weighted by atomic mass is 16.6. The molecule has 0 aromatic carbocycles. The highest BCUT2D eigenvalue weighted by Gasteiger charge is 2.22. The minimum absolute atomic E-state index is 0.0548. The maximum Gasteiger partial charge on any atom is 0.410 e. The quantitative estimate of drug-likeness (QED) is 0.676. The van der Waals surface area contributed by atoms with Crippen molar-refractivity contribution in [2.45, 2.75) is 26.3 Å². The van der Waals surface area contributed by atoms with E-state index in [0.29, 0.717) is 0 Å². The van der Waals surface area contributed by atoms with E-state index in [0.717, 1.165) is 0 Å². The zero-order valence-corrected chi connectivity index (χ0v) is 8.13. The lowest BCUT2D eigenvalue weighted by molar-refractivity contribution is 0.0672. The van der Waals surface area contributed by atoms with E-state index in [2.05, 4.69) is 0 Å². The fourth-order valence-corrected chi connectivity index (χ4v) is 0.504. The van der Waals surface area contributed by atoms with Gasteiger partial charge in [0.25, 0.3) is 0 Å². The SMILES string of the molecule is CN(C(=O)OCCO)C(C)(C)C. The Hall–Kier alpha value is -0.770. The van der Waals surface area contributed by atoms with Gasteiger partial charge in [0, 0.05) is 12.6 Å². The maximum atomic E-state index is 11.1. The summed E-state index contributed by atoms with van der Waals surface area (Å²) in [7, 11) is 1.67. The Morgan fingerprint density at radius 1 is 1.50 bits per heavy atom. The first-order valence-electron chi connectivity index (χ1n) is 3.91. The van der Waals surface area contributed by atoms with Crippen molar-refractivity contribution in [3.63, 3.8) is 0 Å². The molecule has 4 nitrogen and oxygen atoms in total. The molecule has 0 heterocycles. The summed E-state index contributed by atoms with van der Waals surface area (Å²) in [6.45, 7) is 5.65. The zero-order valence-electron chi connectivity index (χ0n) is 8.13. The number of nitrogens with zero attached hydrogens (tertiary/aromatic N) is 1. The molecule has 0 aromatic heterocycles. The number of hydrogen-bond acceptors (Lipinski definition) is 3. The number of aliphatic hydroxyl groups excluding tert-OH is 1. The molecule has 0 saturated carbocycles. The molecule has 0 rings (SSSR count). The molecule has 0 aromatic rings. The molecule has 0 fully saturated rings. The molecule has 0 unspecified atom stereocenters. The Kier molecular flexibility index (Phi) is 4.03. The van der Waals surface area contributed by atoms with Gasteiger partial charge in [-0.05, 0) is 20.8 Å². The van der Waals surface area contributed by atoms with Crippen molar-refractivity contribution < 1.29 is 14.6 Å². The number of amides is 1. The van der Waals surface area contributed by atoms with Gasteiger partial charge < -0.3 is 14.7 Å². The Balaban J connectivity index is 3.94.